The molecule has 0 aliphatic heterocycles. The number of ether oxygens (including phenoxy) is 2. The summed E-state index contributed by atoms with van der Waals surface area (Å²) in [4.78, 5) is 15.9. The second-order valence-electron chi connectivity index (χ2n) is 14.5. The Kier molecular flexibility index (Phi) is 11.6. The molecule has 4 heterocycles. The number of halogens is 1. The van der Waals surface area contributed by atoms with Crippen LogP contribution in [0.3, 0.4) is 0 Å². The first-order chi connectivity index (χ1) is 23.8. The number of methoxy groups -OCH3 is 1. The molecule has 0 bridgehead atoms. The van der Waals surface area contributed by atoms with Gasteiger partial charge in [-0.2, -0.15) is 9.49 Å². The number of fused-ring (bicyclic) bond motifs is 1. The molecule has 9 nitrogen and oxygen atoms in total. The van der Waals surface area contributed by atoms with Crippen LogP contribution < -0.4 is 14.4 Å². The quantitative estimate of drug-likeness (QED) is 0.0608. The minimum absolute atomic E-state index is 0.0634. The van der Waals surface area contributed by atoms with E-state index in [2.05, 4.69) is 68.6 Å². The molecule has 5 rings (SSSR count). The van der Waals surface area contributed by atoms with Crippen molar-refractivity contribution in [1.29, 1.82) is 0 Å². The Morgan fingerprint density at radius 2 is 1.64 bits per heavy atom. The standard InChI is InChI=1S/C39H51FN6O3Si/c1-27(2)46-36-34(45(26-30-14-12-20-41-37(30)40)25-29-16-18-31(47-7)19-17-29)24-33(43-35(36)28(3)44-46)32-15-13-21-42-38(32)48-22-10-11-23-49-50(8,9)39(4,5)6/h12-21,24,27H,10-11,22-23,25-26H2,1-9H3. The molecule has 0 saturated carbocycles. The number of anilines is 1. The van der Waals surface area contributed by atoms with Crippen molar-refractivity contribution in [1.82, 2.24) is 24.7 Å². The molecule has 5 aromatic rings. The summed E-state index contributed by atoms with van der Waals surface area (Å²) in [6, 6.07) is 17.5. The van der Waals surface area contributed by atoms with Gasteiger partial charge in [-0.05, 0) is 93.7 Å². The van der Waals surface area contributed by atoms with Gasteiger partial charge in [0, 0.05) is 43.7 Å². The van der Waals surface area contributed by atoms with E-state index in [0.717, 1.165) is 58.7 Å². The molecule has 0 aliphatic rings. The van der Waals surface area contributed by atoms with Crippen LogP contribution in [-0.2, 0) is 17.5 Å². The van der Waals surface area contributed by atoms with Crippen molar-refractivity contribution in [2.45, 2.75) is 91.6 Å². The first-order valence-corrected chi connectivity index (χ1v) is 20.3. The number of aryl methyl sites for hydroxylation is 1. The second-order valence-corrected chi connectivity index (χ2v) is 19.3. The van der Waals surface area contributed by atoms with Gasteiger partial charge in [-0.1, -0.05) is 39.0 Å². The summed E-state index contributed by atoms with van der Waals surface area (Å²) in [5.74, 6) is 0.793. The number of aromatic nitrogens is 5. The average Bonchev–Trinajstić information content (AvgIpc) is 3.43. The van der Waals surface area contributed by atoms with E-state index in [0.29, 0.717) is 30.3 Å². The fraction of sp³-hybridized carbons (Fsp3) is 0.436. The zero-order valence-corrected chi connectivity index (χ0v) is 32.0. The van der Waals surface area contributed by atoms with E-state index in [-0.39, 0.29) is 17.6 Å². The van der Waals surface area contributed by atoms with Crippen LogP contribution in [0.15, 0.2) is 67.0 Å². The van der Waals surface area contributed by atoms with Crippen molar-refractivity contribution in [3.63, 3.8) is 0 Å². The second kappa shape index (κ2) is 15.7. The van der Waals surface area contributed by atoms with Crippen molar-refractivity contribution in [2.75, 3.05) is 25.2 Å². The fourth-order valence-electron chi connectivity index (χ4n) is 5.55. The van der Waals surface area contributed by atoms with Gasteiger partial charge in [0.15, 0.2) is 8.32 Å². The molecule has 1 aromatic carbocycles. The summed E-state index contributed by atoms with van der Waals surface area (Å²) in [7, 11) is -0.138. The van der Waals surface area contributed by atoms with Gasteiger partial charge in [0.25, 0.3) is 0 Å². The van der Waals surface area contributed by atoms with Gasteiger partial charge in [0.2, 0.25) is 11.8 Å². The Hall–Kier alpha value is -4.35. The Morgan fingerprint density at radius 3 is 2.32 bits per heavy atom. The van der Waals surface area contributed by atoms with Gasteiger partial charge in [-0.3, -0.25) is 4.68 Å². The molecule has 0 radical (unpaired) electrons. The number of benzene rings is 1. The number of nitrogens with zero attached hydrogens (tertiary/aromatic N) is 6. The number of pyridine rings is 3. The van der Waals surface area contributed by atoms with Gasteiger partial charge >= 0.3 is 0 Å². The molecular formula is C39H51FN6O3Si. The number of rotatable bonds is 15. The molecule has 50 heavy (non-hydrogen) atoms. The Balaban J connectivity index is 1.52. The summed E-state index contributed by atoms with van der Waals surface area (Å²) >= 11 is 0. The zero-order valence-electron chi connectivity index (χ0n) is 31.0. The highest BCUT2D eigenvalue weighted by atomic mass is 28.4. The molecule has 0 amide bonds. The highest BCUT2D eigenvalue weighted by Gasteiger charge is 2.36. The highest BCUT2D eigenvalue weighted by Crippen LogP contribution is 2.38. The lowest BCUT2D eigenvalue weighted by molar-refractivity contribution is 0.249. The number of hydrogen-bond acceptors (Lipinski definition) is 8. The average molecular weight is 699 g/mol. The molecule has 0 fully saturated rings. The maximum atomic E-state index is 15.1. The lowest BCUT2D eigenvalue weighted by Crippen LogP contribution is -2.41. The lowest BCUT2D eigenvalue weighted by atomic mass is 10.1. The van der Waals surface area contributed by atoms with Gasteiger partial charge < -0.3 is 18.8 Å². The third kappa shape index (κ3) is 8.50. The molecule has 0 aliphatic carbocycles. The van der Waals surface area contributed by atoms with Gasteiger partial charge in [-0.25, -0.2) is 15.0 Å². The number of unbranched alkanes of at least 4 members (excludes halogenated alkanes) is 1. The van der Waals surface area contributed by atoms with Gasteiger partial charge in [0.1, 0.15) is 16.8 Å². The maximum Gasteiger partial charge on any atom is 0.222 e. The van der Waals surface area contributed by atoms with Crippen LogP contribution in [0.5, 0.6) is 11.6 Å². The van der Waals surface area contributed by atoms with Crippen molar-refractivity contribution in [2.24, 2.45) is 0 Å². The minimum Gasteiger partial charge on any atom is -0.497 e. The molecule has 0 N–H and O–H groups in total. The van der Waals surface area contributed by atoms with Crippen LogP contribution in [0, 0.1) is 12.9 Å². The molecule has 0 saturated heterocycles. The van der Waals surface area contributed by atoms with E-state index in [1.807, 2.05) is 48.0 Å². The first kappa shape index (κ1) is 36.9. The third-order valence-corrected chi connectivity index (χ3v) is 14.0. The van der Waals surface area contributed by atoms with Crippen LogP contribution in [0.25, 0.3) is 22.3 Å². The van der Waals surface area contributed by atoms with Gasteiger partial charge in [0.05, 0.1) is 36.4 Å². The van der Waals surface area contributed by atoms with E-state index in [1.165, 1.54) is 6.20 Å². The van der Waals surface area contributed by atoms with Crippen LogP contribution >= 0.6 is 0 Å². The Labute approximate surface area is 297 Å². The summed E-state index contributed by atoms with van der Waals surface area (Å²) in [5, 5.41) is 5.10. The molecule has 266 valence electrons. The van der Waals surface area contributed by atoms with Crippen LogP contribution in [0.1, 0.15) is 70.3 Å². The largest absolute Gasteiger partial charge is 0.497 e. The lowest BCUT2D eigenvalue weighted by Gasteiger charge is -2.36. The highest BCUT2D eigenvalue weighted by molar-refractivity contribution is 6.74. The molecule has 0 unspecified atom stereocenters. The van der Waals surface area contributed by atoms with Crippen LogP contribution in [-0.4, -0.2) is 53.4 Å². The minimum atomic E-state index is -1.79. The van der Waals surface area contributed by atoms with Crippen molar-refractivity contribution < 1.29 is 18.3 Å². The molecule has 4 aromatic heterocycles. The van der Waals surface area contributed by atoms with E-state index >= 15 is 4.39 Å². The topological polar surface area (TPSA) is 87.4 Å². The number of hydrogen-bond donors (Lipinski definition) is 0. The summed E-state index contributed by atoms with van der Waals surface area (Å²) in [6.07, 6.45) is 4.96. The summed E-state index contributed by atoms with van der Waals surface area (Å²) in [5.41, 5.74) is 6.34. The summed E-state index contributed by atoms with van der Waals surface area (Å²) < 4.78 is 35.2. The Bertz CT molecular complexity index is 1890. The summed E-state index contributed by atoms with van der Waals surface area (Å²) in [6.45, 7) is 19.5. The zero-order chi connectivity index (χ0) is 36.1. The van der Waals surface area contributed by atoms with E-state index in [1.54, 1.807) is 25.4 Å². The SMILES string of the molecule is COc1ccc(CN(Cc2cccnc2F)c2cc(-c3cccnc3OCCCCO[Si](C)(C)C(C)(C)C)nc3c(C)nn(C(C)C)c23)cc1. The van der Waals surface area contributed by atoms with Crippen molar-refractivity contribution in [3.05, 3.63) is 89.8 Å². The molecular weight excluding hydrogens is 648 g/mol. The van der Waals surface area contributed by atoms with Gasteiger partial charge in [-0.15, -0.1) is 0 Å². The van der Waals surface area contributed by atoms with E-state index in [9.17, 15) is 0 Å². The predicted molar refractivity (Wildman–Crippen MR) is 201 cm³/mol. The normalized spacial score (nSPS) is 12.1. The van der Waals surface area contributed by atoms with Crippen LogP contribution in [0.2, 0.25) is 18.1 Å². The predicted octanol–water partition coefficient (Wildman–Crippen LogP) is 9.31. The monoisotopic (exact) mass is 698 g/mol. The smallest absolute Gasteiger partial charge is 0.222 e. The third-order valence-electron chi connectivity index (χ3n) is 9.46. The van der Waals surface area contributed by atoms with Crippen molar-refractivity contribution in [3.8, 4) is 22.9 Å². The Morgan fingerprint density at radius 1 is 0.940 bits per heavy atom. The van der Waals surface area contributed by atoms with Crippen LogP contribution in [0.4, 0.5) is 10.1 Å². The molecule has 0 atom stereocenters. The molecule has 11 heteroatoms. The first-order valence-electron chi connectivity index (χ1n) is 17.4. The van der Waals surface area contributed by atoms with E-state index in [4.69, 9.17) is 24.0 Å². The fourth-order valence-corrected chi connectivity index (χ4v) is 6.64. The van der Waals surface area contributed by atoms with E-state index < -0.39 is 14.3 Å². The maximum absolute atomic E-state index is 15.1. The van der Waals surface area contributed by atoms with Crippen molar-refractivity contribution >= 4 is 25.0 Å². The molecule has 0 spiro atoms.